The molecule has 30 heavy (non-hydrogen) atoms. The second-order valence-corrected chi connectivity index (χ2v) is 6.57. The number of hydrogen-bond donors (Lipinski definition) is 3. The van der Waals surface area contributed by atoms with Crippen LogP contribution in [0.3, 0.4) is 0 Å². The van der Waals surface area contributed by atoms with Gasteiger partial charge in [0.15, 0.2) is 0 Å². The number of rotatable bonds is 5. The minimum absolute atomic E-state index is 0.245. The van der Waals surface area contributed by atoms with Gasteiger partial charge in [-0.15, -0.1) is 0 Å². The van der Waals surface area contributed by atoms with Crippen LogP contribution in [0.25, 0.3) is 23.1 Å². The number of carbonyl (C=O) groups excluding carboxylic acids is 1. The third-order valence-electron chi connectivity index (χ3n) is 4.59. The van der Waals surface area contributed by atoms with Crippen molar-refractivity contribution in [1.82, 2.24) is 14.6 Å². The van der Waals surface area contributed by atoms with Crippen LogP contribution in [0.2, 0.25) is 0 Å². The van der Waals surface area contributed by atoms with Gasteiger partial charge in [0, 0.05) is 17.0 Å². The molecule has 0 bridgehead atoms. The molecule has 3 N–H and O–H groups in total. The molecule has 1 aromatic carbocycles. The molecule has 3 rings (SSSR count). The number of aromatic amines is 1. The van der Waals surface area contributed by atoms with Crippen LogP contribution < -0.4 is 27.1 Å². The summed E-state index contributed by atoms with van der Waals surface area (Å²) in [6.07, 6.45) is 5.62. The van der Waals surface area contributed by atoms with Crippen LogP contribution in [-0.2, 0) is 6.42 Å². The number of para-hydroxylation sites is 1. The van der Waals surface area contributed by atoms with Crippen molar-refractivity contribution < 1.29 is 9.90 Å². The summed E-state index contributed by atoms with van der Waals surface area (Å²) in [4.78, 5) is 45.4. The largest absolute Gasteiger partial charge is 0.506 e. The van der Waals surface area contributed by atoms with Crippen LogP contribution in [0.5, 0.6) is 5.75 Å². The van der Waals surface area contributed by atoms with Crippen LogP contribution in [0.1, 0.15) is 36.5 Å². The van der Waals surface area contributed by atoms with Crippen molar-refractivity contribution in [3.63, 3.8) is 0 Å². The molecule has 2 heterocycles. The maximum absolute atomic E-state index is 13.0. The predicted molar refractivity (Wildman–Crippen MR) is 116 cm³/mol. The molecule has 0 unspecified atom stereocenters. The van der Waals surface area contributed by atoms with Gasteiger partial charge in [0.2, 0.25) is 0 Å². The Labute approximate surface area is 171 Å². The molecule has 0 aliphatic rings. The first-order valence-corrected chi connectivity index (χ1v) is 9.49. The lowest BCUT2D eigenvalue weighted by atomic mass is 10.1. The molecule has 0 atom stereocenters. The molecule has 0 aliphatic heterocycles. The highest BCUT2D eigenvalue weighted by atomic mass is 16.3. The third-order valence-corrected chi connectivity index (χ3v) is 4.59. The molecule has 3 aromatic rings. The van der Waals surface area contributed by atoms with Gasteiger partial charge in [-0.25, -0.2) is 9.66 Å². The lowest BCUT2D eigenvalue weighted by Gasteiger charge is -2.14. The van der Waals surface area contributed by atoms with Crippen molar-refractivity contribution in [2.24, 2.45) is 0 Å². The van der Waals surface area contributed by atoms with Gasteiger partial charge in [0.1, 0.15) is 17.1 Å². The van der Waals surface area contributed by atoms with Crippen LogP contribution in [0, 0.1) is 0 Å². The fraction of sp³-hybridized carbons (Fsp3) is 0.182. The van der Waals surface area contributed by atoms with E-state index < -0.39 is 28.3 Å². The van der Waals surface area contributed by atoms with Gasteiger partial charge < -0.3 is 10.1 Å². The Morgan fingerprint density at radius 3 is 2.73 bits per heavy atom. The van der Waals surface area contributed by atoms with E-state index in [1.807, 2.05) is 6.92 Å². The lowest BCUT2D eigenvalue weighted by Crippen LogP contribution is -2.42. The van der Waals surface area contributed by atoms with Crippen molar-refractivity contribution in [2.75, 3.05) is 5.43 Å². The lowest BCUT2D eigenvalue weighted by molar-refractivity contribution is 0.100. The highest BCUT2D eigenvalue weighted by Gasteiger charge is 2.20. The topological polar surface area (TPSA) is 117 Å². The van der Waals surface area contributed by atoms with Crippen LogP contribution in [-0.4, -0.2) is 25.7 Å². The zero-order valence-corrected chi connectivity index (χ0v) is 16.7. The number of aromatic hydroxyl groups is 1. The number of H-pyrrole nitrogens is 1. The number of amides is 1. The number of allylic oxidation sites excluding steroid dienone is 1. The summed E-state index contributed by atoms with van der Waals surface area (Å²) >= 11 is 0. The summed E-state index contributed by atoms with van der Waals surface area (Å²) in [5.41, 5.74) is 1.20. The average Bonchev–Trinajstić information content (AvgIpc) is 2.73. The van der Waals surface area contributed by atoms with E-state index in [0.29, 0.717) is 34.9 Å². The van der Waals surface area contributed by atoms with E-state index in [4.69, 9.17) is 0 Å². The molecule has 0 spiro atoms. The monoisotopic (exact) mass is 406 g/mol. The van der Waals surface area contributed by atoms with E-state index in [1.165, 1.54) is 12.2 Å². The number of fused-ring (bicyclic) bond motifs is 1. The molecule has 154 valence electrons. The number of carbonyl (C=O) groups is 1. The molecular weight excluding hydrogens is 384 g/mol. The first-order valence-electron chi connectivity index (χ1n) is 9.49. The van der Waals surface area contributed by atoms with Gasteiger partial charge >= 0.3 is 0 Å². The summed E-state index contributed by atoms with van der Waals surface area (Å²) in [6, 6.07) is 6.80. The highest BCUT2D eigenvalue weighted by Crippen LogP contribution is 2.10. The smallest absolute Gasteiger partial charge is 0.280 e. The molecule has 0 saturated heterocycles. The molecule has 8 nitrogen and oxygen atoms in total. The van der Waals surface area contributed by atoms with Crippen molar-refractivity contribution in [3.05, 3.63) is 79.6 Å². The van der Waals surface area contributed by atoms with Gasteiger partial charge in [0.25, 0.3) is 17.0 Å². The van der Waals surface area contributed by atoms with Crippen molar-refractivity contribution in [3.8, 4) is 5.75 Å². The van der Waals surface area contributed by atoms with Crippen molar-refractivity contribution in [1.29, 1.82) is 0 Å². The molecule has 2 aromatic heterocycles. The van der Waals surface area contributed by atoms with Crippen LogP contribution in [0.4, 0.5) is 0 Å². The quantitative estimate of drug-likeness (QED) is 0.582. The van der Waals surface area contributed by atoms with E-state index in [1.54, 1.807) is 37.3 Å². The van der Waals surface area contributed by atoms with E-state index in [-0.39, 0.29) is 5.22 Å². The van der Waals surface area contributed by atoms with Gasteiger partial charge in [-0.3, -0.25) is 19.8 Å². The molecule has 0 radical (unpaired) electrons. The Balaban J connectivity index is 2.20. The number of hydrogen-bond acceptors (Lipinski definition) is 5. The SMILES string of the molecule is C=CC=c1c(O)c(C(=O)Nn2c(CCC)nc3ccccc3c2=O)c(=O)[nH]c1=CC. The molecular formula is C22H22N4O4. The van der Waals surface area contributed by atoms with Gasteiger partial charge in [-0.2, -0.15) is 0 Å². The van der Waals surface area contributed by atoms with Gasteiger partial charge in [0.05, 0.1) is 10.9 Å². The number of nitrogens with zero attached hydrogens (tertiary/aromatic N) is 2. The molecule has 0 saturated carbocycles. The predicted octanol–water partition coefficient (Wildman–Crippen LogP) is 0.894. The first kappa shape index (κ1) is 20.8. The maximum Gasteiger partial charge on any atom is 0.280 e. The molecule has 0 aliphatic carbocycles. The molecule has 0 fully saturated rings. The number of nitrogens with one attached hydrogen (secondary N) is 2. The Morgan fingerprint density at radius 2 is 2.07 bits per heavy atom. The Hall–Kier alpha value is -3.94. The fourth-order valence-corrected chi connectivity index (χ4v) is 3.19. The van der Waals surface area contributed by atoms with Gasteiger partial charge in [-0.05, 0) is 31.6 Å². The highest BCUT2D eigenvalue weighted by molar-refractivity contribution is 6.02. The summed E-state index contributed by atoms with van der Waals surface area (Å²) in [5, 5.41) is 11.5. The Kier molecular flexibility index (Phi) is 5.96. The Bertz CT molecular complexity index is 1380. The summed E-state index contributed by atoms with van der Waals surface area (Å²) in [6.45, 7) is 7.18. The van der Waals surface area contributed by atoms with Crippen molar-refractivity contribution >= 4 is 29.0 Å². The van der Waals surface area contributed by atoms with E-state index in [9.17, 15) is 19.5 Å². The van der Waals surface area contributed by atoms with Crippen LogP contribution >= 0.6 is 0 Å². The minimum atomic E-state index is -0.924. The molecule has 8 heteroatoms. The summed E-state index contributed by atoms with van der Waals surface area (Å²) < 4.78 is 1.03. The second kappa shape index (κ2) is 8.60. The number of aryl methyl sites for hydroxylation is 1. The Morgan fingerprint density at radius 1 is 1.33 bits per heavy atom. The number of benzene rings is 1. The number of pyridine rings is 1. The zero-order chi connectivity index (χ0) is 21.8. The van der Waals surface area contributed by atoms with E-state index in [0.717, 1.165) is 4.68 Å². The zero-order valence-electron chi connectivity index (χ0n) is 16.7. The standard InChI is InChI=1S/C22H22N4O4/c1-4-9-13-15(6-3)24-20(28)18(19(13)27)21(29)25-26-17(10-5-2)23-16-12-8-7-11-14(16)22(26)30/h4,6-9,11-12,27H,1,5,10H2,2-3H3,(H,24,28)(H,25,29). The van der Waals surface area contributed by atoms with Gasteiger partial charge in [-0.1, -0.05) is 37.8 Å². The van der Waals surface area contributed by atoms with Crippen LogP contribution in [0.15, 0.2) is 46.5 Å². The average molecular weight is 406 g/mol. The normalized spacial score (nSPS) is 12.3. The number of aromatic nitrogens is 3. The third kappa shape index (κ3) is 3.67. The van der Waals surface area contributed by atoms with E-state index in [2.05, 4.69) is 22.0 Å². The van der Waals surface area contributed by atoms with E-state index >= 15 is 0 Å². The minimum Gasteiger partial charge on any atom is -0.506 e. The molecule has 1 amide bonds. The first-order chi connectivity index (χ1) is 14.4. The second-order valence-electron chi connectivity index (χ2n) is 6.57. The summed E-state index contributed by atoms with van der Waals surface area (Å²) in [7, 11) is 0. The van der Waals surface area contributed by atoms with Crippen molar-refractivity contribution in [2.45, 2.75) is 26.7 Å². The maximum atomic E-state index is 13.0. The fourth-order valence-electron chi connectivity index (χ4n) is 3.19. The summed E-state index contributed by atoms with van der Waals surface area (Å²) in [5.74, 6) is -1.07.